The molecule has 1 N–H and O–H groups in total. The van der Waals surface area contributed by atoms with Gasteiger partial charge in [-0.05, 0) is 18.2 Å². The molecule has 0 aliphatic rings. The molecule has 2 aromatic rings. The van der Waals surface area contributed by atoms with Crippen LogP contribution < -0.4 is 5.43 Å². The van der Waals surface area contributed by atoms with Gasteiger partial charge in [0.1, 0.15) is 11.6 Å². The van der Waals surface area contributed by atoms with Gasteiger partial charge in [0.05, 0.1) is 11.8 Å². The smallest absolute Gasteiger partial charge is 0.267 e. The molecule has 0 atom stereocenters. The molecule has 2 rings (SSSR count). The lowest BCUT2D eigenvalue weighted by Crippen LogP contribution is -2.19. The molecule has 2 aromatic carbocycles. The predicted octanol–water partition coefficient (Wildman–Crippen LogP) is 2.73. The second-order valence-electron chi connectivity index (χ2n) is 3.70. The highest BCUT2D eigenvalue weighted by Gasteiger charge is 2.09. The lowest BCUT2D eigenvalue weighted by molar-refractivity contribution is 0.0951. The van der Waals surface area contributed by atoms with Crippen molar-refractivity contribution in [2.24, 2.45) is 5.10 Å². The quantitative estimate of drug-likeness (QED) is 0.669. The van der Waals surface area contributed by atoms with Gasteiger partial charge in [0, 0.05) is 5.56 Å². The summed E-state index contributed by atoms with van der Waals surface area (Å²) in [4.78, 5) is 11.6. The number of hydrogen-bond donors (Lipinski definition) is 1. The van der Waals surface area contributed by atoms with E-state index >= 15 is 0 Å². The molecular formula is C14H10F2N2O. The standard InChI is InChI=1S/C14H10F2N2O/c15-12-7-3-1-5-10(12)9-17-18-14(19)11-6-2-4-8-13(11)16/h1-9H,(H,18,19)/b17-9+. The Kier molecular flexibility index (Phi) is 3.97. The topological polar surface area (TPSA) is 41.5 Å². The molecule has 0 fully saturated rings. The number of benzene rings is 2. The Hall–Kier alpha value is -2.56. The summed E-state index contributed by atoms with van der Waals surface area (Å²) < 4.78 is 26.5. The number of hydrogen-bond acceptors (Lipinski definition) is 2. The molecule has 0 aliphatic carbocycles. The SMILES string of the molecule is O=C(N/N=C/c1ccccc1F)c1ccccc1F. The van der Waals surface area contributed by atoms with Gasteiger partial charge in [-0.2, -0.15) is 5.10 Å². The first kappa shape index (κ1) is 12.9. The summed E-state index contributed by atoms with van der Waals surface area (Å²) in [5.41, 5.74) is 2.25. The molecule has 0 radical (unpaired) electrons. The molecule has 0 bridgehead atoms. The van der Waals surface area contributed by atoms with E-state index in [4.69, 9.17) is 0 Å². The minimum absolute atomic E-state index is 0.117. The third-order valence-corrected chi connectivity index (χ3v) is 2.39. The zero-order valence-corrected chi connectivity index (χ0v) is 9.81. The van der Waals surface area contributed by atoms with Crippen molar-refractivity contribution in [3.63, 3.8) is 0 Å². The number of carbonyl (C=O) groups is 1. The highest BCUT2D eigenvalue weighted by atomic mass is 19.1. The third-order valence-electron chi connectivity index (χ3n) is 2.39. The van der Waals surface area contributed by atoms with Gasteiger partial charge in [-0.1, -0.05) is 30.3 Å². The lowest BCUT2D eigenvalue weighted by Gasteiger charge is -2.00. The van der Waals surface area contributed by atoms with E-state index in [1.807, 2.05) is 0 Å². The molecule has 0 spiro atoms. The van der Waals surface area contributed by atoms with Crippen LogP contribution in [0.5, 0.6) is 0 Å². The summed E-state index contributed by atoms with van der Waals surface area (Å²) in [5.74, 6) is -1.78. The number of nitrogens with zero attached hydrogens (tertiary/aromatic N) is 1. The van der Waals surface area contributed by atoms with Crippen molar-refractivity contribution in [1.82, 2.24) is 5.43 Å². The van der Waals surface area contributed by atoms with Gasteiger partial charge < -0.3 is 0 Å². The van der Waals surface area contributed by atoms with Crippen LogP contribution in [0.4, 0.5) is 8.78 Å². The van der Waals surface area contributed by atoms with Gasteiger partial charge in [0.25, 0.3) is 5.91 Å². The predicted molar refractivity (Wildman–Crippen MR) is 67.9 cm³/mol. The van der Waals surface area contributed by atoms with Crippen LogP contribution in [0, 0.1) is 11.6 Å². The second-order valence-corrected chi connectivity index (χ2v) is 3.70. The van der Waals surface area contributed by atoms with Gasteiger partial charge in [-0.15, -0.1) is 0 Å². The molecule has 0 heterocycles. The van der Waals surface area contributed by atoms with E-state index in [9.17, 15) is 13.6 Å². The third kappa shape index (κ3) is 3.22. The number of halogens is 2. The Morgan fingerprint density at radius 1 is 1.00 bits per heavy atom. The summed E-state index contributed by atoms with van der Waals surface area (Å²) in [5, 5.41) is 3.59. The van der Waals surface area contributed by atoms with Crippen LogP contribution in [0.3, 0.4) is 0 Å². The van der Waals surface area contributed by atoms with Crippen molar-refractivity contribution in [3.05, 3.63) is 71.3 Å². The van der Waals surface area contributed by atoms with Crippen molar-refractivity contribution < 1.29 is 13.6 Å². The first-order chi connectivity index (χ1) is 9.18. The monoisotopic (exact) mass is 260 g/mol. The molecule has 19 heavy (non-hydrogen) atoms. The maximum Gasteiger partial charge on any atom is 0.274 e. The molecule has 0 saturated heterocycles. The Morgan fingerprint density at radius 2 is 1.63 bits per heavy atom. The molecule has 0 saturated carbocycles. The largest absolute Gasteiger partial charge is 0.274 e. The number of rotatable bonds is 3. The number of hydrazone groups is 1. The van der Waals surface area contributed by atoms with Gasteiger partial charge in [-0.3, -0.25) is 4.79 Å². The van der Waals surface area contributed by atoms with E-state index < -0.39 is 17.5 Å². The Balaban J connectivity index is 2.06. The lowest BCUT2D eigenvalue weighted by atomic mass is 10.2. The van der Waals surface area contributed by atoms with E-state index in [-0.39, 0.29) is 11.1 Å². The van der Waals surface area contributed by atoms with Crippen LogP contribution in [-0.2, 0) is 0 Å². The molecular weight excluding hydrogens is 250 g/mol. The molecule has 0 aliphatic heterocycles. The summed E-state index contributed by atoms with van der Waals surface area (Å²) in [6, 6.07) is 11.5. The number of nitrogens with one attached hydrogen (secondary N) is 1. The van der Waals surface area contributed by atoms with Crippen LogP contribution in [-0.4, -0.2) is 12.1 Å². The molecule has 5 heteroatoms. The molecule has 0 aromatic heterocycles. The minimum Gasteiger partial charge on any atom is -0.267 e. The van der Waals surface area contributed by atoms with Gasteiger partial charge in [0.2, 0.25) is 0 Å². The van der Waals surface area contributed by atoms with E-state index in [1.54, 1.807) is 18.2 Å². The van der Waals surface area contributed by atoms with E-state index in [2.05, 4.69) is 10.5 Å². The van der Waals surface area contributed by atoms with Crippen LogP contribution in [0.25, 0.3) is 0 Å². The van der Waals surface area contributed by atoms with E-state index in [0.717, 1.165) is 6.21 Å². The highest BCUT2D eigenvalue weighted by Crippen LogP contribution is 2.06. The molecule has 3 nitrogen and oxygen atoms in total. The van der Waals surface area contributed by atoms with Gasteiger partial charge in [0.15, 0.2) is 0 Å². The van der Waals surface area contributed by atoms with Crippen molar-refractivity contribution in [1.29, 1.82) is 0 Å². The average Bonchev–Trinajstić information content (AvgIpc) is 2.41. The minimum atomic E-state index is -0.689. The Morgan fingerprint density at radius 3 is 2.32 bits per heavy atom. The van der Waals surface area contributed by atoms with Crippen LogP contribution in [0.15, 0.2) is 53.6 Å². The fourth-order valence-corrected chi connectivity index (χ4v) is 1.45. The van der Waals surface area contributed by atoms with Gasteiger partial charge in [-0.25, -0.2) is 14.2 Å². The summed E-state index contributed by atoms with van der Waals surface area (Å²) >= 11 is 0. The summed E-state index contributed by atoms with van der Waals surface area (Å²) in [6.45, 7) is 0. The first-order valence-electron chi connectivity index (χ1n) is 5.51. The fraction of sp³-hybridized carbons (Fsp3) is 0. The normalized spacial score (nSPS) is 10.6. The Labute approximate surface area is 108 Å². The van der Waals surface area contributed by atoms with E-state index in [1.165, 1.54) is 30.3 Å². The summed E-state index contributed by atoms with van der Waals surface area (Å²) in [6.07, 6.45) is 1.16. The van der Waals surface area contributed by atoms with Crippen LogP contribution in [0.1, 0.15) is 15.9 Å². The maximum atomic E-state index is 13.3. The van der Waals surface area contributed by atoms with Gasteiger partial charge >= 0.3 is 0 Å². The van der Waals surface area contributed by atoms with Crippen LogP contribution in [0.2, 0.25) is 0 Å². The molecule has 1 amide bonds. The van der Waals surface area contributed by atoms with Crippen molar-refractivity contribution in [2.45, 2.75) is 0 Å². The van der Waals surface area contributed by atoms with Crippen molar-refractivity contribution >= 4 is 12.1 Å². The van der Waals surface area contributed by atoms with Crippen molar-refractivity contribution in [3.8, 4) is 0 Å². The number of amides is 1. The molecule has 0 unspecified atom stereocenters. The first-order valence-corrected chi connectivity index (χ1v) is 5.51. The highest BCUT2D eigenvalue weighted by molar-refractivity contribution is 5.95. The zero-order valence-electron chi connectivity index (χ0n) is 9.81. The maximum absolute atomic E-state index is 13.3. The van der Waals surface area contributed by atoms with Crippen molar-refractivity contribution in [2.75, 3.05) is 0 Å². The molecule has 96 valence electrons. The van der Waals surface area contributed by atoms with Crippen LogP contribution >= 0.6 is 0 Å². The average molecular weight is 260 g/mol. The zero-order chi connectivity index (χ0) is 13.7. The fourth-order valence-electron chi connectivity index (χ4n) is 1.45. The number of carbonyl (C=O) groups excluding carboxylic acids is 1. The summed E-state index contributed by atoms with van der Waals surface area (Å²) in [7, 11) is 0. The van der Waals surface area contributed by atoms with E-state index in [0.29, 0.717) is 0 Å². The Bertz CT molecular complexity index is 626. The second kappa shape index (κ2) is 5.86.